The van der Waals surface area contributed by atoms with Crippen LogP contribution in [0.1, 0.15) is 36.5 Å². The Morgan fingerprint density at radius 1 is 1.08 bits per heavy atom. The van der Waals surface area contributed by atoms with Crippen molar-refractivity contribution in [2.45, 2.75) is 25.9 Å². The lowest BCUT2D eigenvalue weighted by Crippen LogP contribution is -2.37. The molecule has 1 heterocycles. The average molecular weight is 404 g/mol. The fourth-order valence-corrected chi connectivity index (χ4v) is 3.05. The standard InChI is InChI=1S/C15H29N7S3/c1-10(18-5-7-21(3)14(16)23)12-9-13(25-20-12)11(2)19-6-8-22(4)15(17)24/h9-11,18-19H,5-8H2,1-4H3,(H2,16,23)(H2,17,24). The first kappa shape index (κ1) is 22.0. The molecule has 0 aliphatic heterocycles. The van der Waals surface area contributed by atoms with E-state index in [1.165, 1.54) is 16.4 Å². The summed E-state index contributed by atoms with van der Waals surface area (Å²) in [7, 11) is 3.78. The van der Waals surface area contributed by atoms with Gasteiger partial charge < -0.3 is 31.9 Å². The van der Waals surface area contributed by atoms with Crippen LogP contribution in [-0.4, -0.2) is 64.7 Å². The molecule has 0 radical (unpaired) electrons. The van der Waals surface area contributed by atoms with Crippen LogP contribution >= 0.6 is 36.0 Å². The number of nitrogens with one attached hydrogen (secondary N) is 2. The highest BCUT2D eigenvalue weighted by atomic mass is 32.1. The number of hydrogen-bond donors (Lipinski definition) is 4. The molecule has 0 fully saturated rings. The van der Waals surface area contributed by atoms with Gasteiger partial charge in [-0.2, -0.15) is 4.37 Å². The lowest BCUT2D eigenvalue weighted by Gasteiger charge is -2.19. The molecule has 2 atom stereocenters. The van der Waals surface area contributed by atoms with Crippen LogP contribution in [0.2, 0.25) is 0 Å². The van der Waals surface area contributed by atoms with Crippen LogP contribution in [0.15, 0.2) is 6.07 Å². The van der Waals surface area contributed by atoms with Gasteiger partial charge in [-0.1, -0.05) is 0 Å². The van der Waals surface area contributed by atoms with Crippen molar-refractivity contribution in [3.63, 3.8) is 0 Å². The second kappa shape index (κ2) is 10.8. The van der Waals surface area contributed by atoms with Gasteiger partial charge in [0.15, 0.2) is 10.2 Å². The molecule has 0 saturated carbocycles. The minimum Gasteiger partial charge on any atom is -0.376 e. The van der Waals surface area contributed by atoms with E-state index in [1.807, 2.05) is 23.9 Å². The number of nitrogens with two attached hydrogens (primary N) is 2. The lowest BCUT2D eigenvalue weighted by atomic mass is 10.2. The zero-order valence-corrected chi connectivity index (χ0v) is 17.7. The number of rotatable bonds is 10. The molecule has 1 aromatic heterocycles. The number of hydrogen-bond acceptors (Lipinski definition) is 6. The maximum atomic E-state index is 5.57. The van der Waals surface area contributed by atoms with Gasteiger partial charge in [0.25, 0.3) is 0 Å². The minimum absolute atomic E-state index is 0.178. The molecule has 0 bridgehead atoms. The highest BCUT2D eigenvalue weighted by Crippen LogP contribution is 2.22. The van der Waals surface area contributed by atoms with Crippen LogP contribution in [0.3, 0.4) is 0 Å². The predicted octanol–water partition coefficient (Wildman–Crippen LogP) is 0.795. The maximum Gasteiger partial charge on any atom is 0.166 e. The van der Waals surface area contributed by atoms with E-state index in [0.717, 1.165) is 31.9 Å². The summed E-state index contributed by atoms with van der Waals surface area (Å²) in [5.74, 6) is 0. The Balaban J connectivity index is 2.41. The minimum atomic E-state index is 0.178. The van der Waals surface area contributed by atoms with E-state index < -0.39 is 0 Å². The molecule has 0 aromatic carbocycles. The summed E-state index contributed by atoms with van der Waals surface area (Å²) in [6, 6.07) is 2.56. The topological polar surface area (TPSA) is 95.5 Å². The smallest absolute Gasteiger partial charge is 0.166 e. The van der Waals surface area contributed by atoms with E-state index >= 15 is 0 Å². The van der Waals surface area contributed by atoms with Crippen molar-refractivity contribution in [1.82, 2.24) is 24.8 Å². The first-order chi connectivity index (χ1) is 11.7. The third-order valence-electron chi connectivity index (χ3n) is 3.96. The van der Waals surface area contributed by atoms with Crippen molar-refractivity contribution in [3.8, 4) is 0 Å². The largest absolute Gasteiger partial charge is 0.376 e. The molecule has 2 unspecified atom stereocenters. The summed E-state index contributed by atoms with van der Waals surface area (Å²) in [5, 5.41) is 7.73. The van der Waals surface area contributed by atoms with Gasteiger partial charge >= 0.3 is 0 Å². The summed E-state index contributed by atoms with van der Waals surface area (Å²) in [4.78, 5) is 4.91. The number of thiocarbonyl (C=S) groups is 2. The van der Waals surface area contributed by atoms with Gasteiger partial charge in [0.1, 0.15) is 0 Å². The van der Waals surface area contributed by atoms with E-state index in [-0.39, 0.29) is 12.1 Å². The quantitative estimate of drug-likeness (QED) is 0.423. The molecule has 0 spiro atoms. The normalized spacial score (nSPS) is 13.3. The highest BCUT2D eigenvalue weighted by molar-refractivity contribution is 7.80. The average Bonchev–Trinajstić information content (AvgIpc) is 3.04. The number of aromatic nitrogens is 1. The molecule has 142 valence electrons. The Bertz CT molecular complexity index is 517. The third kappa shape index (κ3) is 7.78. The van der Waals surface area contributed by atoms with E-state index in [2.05, 4.69) is 34.9 Å². The van der Waals surface area contributed by atoms with Gasteiger partial charge in [0, 0.05) is 57.2 Å². The van der Waals surface area contributed by atoms with Gasteiger partial charge in [0.05, 0.1) is 5.69 Å². The number of nitrogens with zero attached hydrogens (tertiary/aromatic N) is 3. The Morgan fingerprint density at radius 2 is 1.56 bits per heavy atom. The summed E-state index contributed by atoms with van der Waals surface area (Å²) in [6.07, 6.45) is 0. The van der Waals surface area contributed by atoms with Gasteiger partial charge in [-0.15, -0.1) is 0 Å². The summed E-state index contributed by atoms with van der Waals surface area (Å²) in [6.45, 7) is 7.38. The van der Waals surface area contributed by atoms with Crippen molar-refractivity contribution >= 4 is 46.2 Å². The third-order valence-corrected chi connectivity index (χ3v) is 5.57. The molecular formula is C15H29N7S3. The van der Waals surface area contributed by atoms with Crippen molar-refractivity contribution in [3.05, 3.63) is 16.6 Å². The van der Waals surface area contributed by atoms with Gasteiger partial charge in [0.2, 0.25) is 0 Å². The molecule has 7 nitrogen and oxygen atoms in total. The Hall–Kier alpha value is -1.07. The fraction of sp³-hybridized carbons (Fsp3) is 0.667. The Morgan fingerprint density at radius 3 is 2.04 bits per heavy atom. The Labute approximate surface area is 165 Å². The first-order valence-electron chi connectivity index (χ1n) is 8.16. The highest BCUT2D eigenvalue weighted by Gasteiger charge is 2.14. The zero-order valence-electron chi connectivity index (χ0n) is 15.3. The zero-order chi connectivity index (χ0) is 19.0. The molecule has 0 aliphatic rings. The van der Waals surface area contributed by atoms with Crippen LogP contribution in [0.5, 0.6) is 0 Å². The summed E-state index contributed by atoms with van der Waals surface area (Å²) >= 11 is 11.4. The van der Waals surface area contributed by atoms with E-state index in [9.17, 15) is 0 Å². The fourth-order valence-electron chi connectivity index (χ4n) is 2.04. The second-order valence-corrected chi connectivity index (χ2v) is 7.70. The number of likely N-dealkylation sites (N-methyl/N-ethyl adjacent to an activating group) is 2. The molecule has 6 N–H and O–H groups in total. The van der Waals surface area contributed by atoms with Crippen molar-refractivity contribution in [2.24, 2.45) is 11.5 Å². The summed E-state index contributed by atoms with van der Waals surface area (Å²) < 4.78 is 4.57. The molecule has 1 rings (SSSR count). The van der Waals surface area contributed by atoms with Gasteiger partial charge in [-0.05, 0) is 55.9 Å². The molecule has 10 heteroatoms. The second-order valence-electron chi connectivity index (χ2n) is 6.03. The van der Waals surface area contributed by atoms with Crippen molar-refractivity contribution < 1.29 is 0 Å². The molecule has 1 aromatic rings. The lowest BCUT2D eigenvalue weighted by molar-refractivity contribution is 0.457. The van der Waals surface area contributed by atoms with Crippen LogP contribution in [0, 0.1) is 0 Å². The van der Waals surface area contributed by atoms with Crippen LogP contribution in [0.25, 0.3) is 0 Å². The monoisotopic (exact) mass is 403 g/mol. The van der Waals surface area contributed by atoms with Crippen molar-refractivity contribution in [1.29, 1.82) is 0 Å². The van der Waals surface area contributed by atoms with Gasteiger partial charge in [-0.3, -0.25) is 0 Å². The van der Waals surface area contributed by atoms with Gasteiger partial charge in [-0.25, -0.2) is 0 Å². The molecular weight excluding hydrogens is 374 g/mol. The first-order valence-corrected chi connectivity index (χ1v) is 9.75. The van der Waals surface area contributed by atoms with E-state index in [0.29, 0.717) is 10.2 Å². The Kier molecular flexibility index (Phi) is 9.51. The molecule has 0 saturated heterocycles. The maximum absolute atomic E-state index is 5.57. The van der Waals surface area contributed by atoms with Crippen molar-refractivity contribution in [2.75, 3.05) is 40.3 Å². The van der Waals surface area contributed by atoms with E-state index in [4.69, 9.17) is 35.9 Å². The predicted molar refractivity (Wildman–Crippen MR) is 114 cm³/mol. The van der Waals surface area contributed by atoms with E-state index in [1.54, 1.807) is 0 Å². The van der Waals surface area contributed by atoms with Crippen LogP contribution < -0.4 is 22.1 Å². The van der Waals surface area contributed by atoms with Crippen LogP contribution in [-0.2, 0) is 0 Å². The SMILES string of the molecule is CC(NCCN(C)C(N)=S)c1cc(C(C)NCCN(C)C(N)=S)sn1. The molecule has 0 amide bonds. The summed E-state index contributed by atoms with van der Waals surface area (Å²) in [5.41, 5.74) is 12.2. The van der Waals surface area contributed by atoms with Crippen LogP contribution in [0.4, 0.5) is 0 Å². The molecule has 0 aliphatic carbocycles. The molecule has 25 heavy (non-hydrogen) atoms.